The maximum absolute atomic E-state index is 11.9. The second-order valence-corrected chi connectivity index (χ2v) is 8.47. The van der Waals surface area contributed by atoms with Gasteiger partial charge in [0, 0.05) is 45.8 Å². The van der Waals surface area contributed by atoms with E-state index in [9.17, 15) is 4.79 Å². The second-order valence-electron chi connectivity index (χ2n) is 8.47. The van der Waals surface area contributed by atoms with Gasteiger partial charge in [-0.3, -0.25) is 9.69 Å². The highest BCUT2D eigenvalue weighted by Gasteiger charge is 2.38. The molecule has 0 aromatic rings. The molecule has 1 aliphatic carbocycles. The highest BCUT2D eigenvalue weighted by Crippen LogP contribution is 2.33. The lowest BCUT2D eigenvalue weighted by Gasteiger charge is -2.48. The summed E-state index contributed by atoms with van der Waals surface area (Å²) in [6.07, 6.45) is 6.33. The topological polar surface area (TPSA) is 69.2 Å². The average Bonchev–Trinajstić information content (AvgIpc) is 2.68. The number of hydrogen-bond donors (Lipinski definition) is 2. The highest BCUT2D eigenvalue weighted by atomic mass is 16.5. The first-order valence-electron chi connectivity index (χ1n) is 10.5. The molecular weight excluding hydrogens is 342 g/mol. The van der Waals surface area contributed by atoms with Crippen LogP contribution in [0, 0.1) is 5.92 Å². The molecule has 0 bridgehead atoms. The fraction of sp³-hybridized carbons (Fsp3) is 0.900. The number of guanidine groups is 1. The summed E-state index contributed by atoms with van der Waals surface area (Å²) in [7, 11) is 3.53. The summed E-state index contributed by atoms with van der Waals surface area (Å²) in [5.41, 5.74) is 0.174. The Balaban J connectivity index is 2.03. The van der Waals surface area contributed by atoms with Crippen LogP contribution in [0.5, 0.6) is 0 Å². The fourth-order valence-electron chi connectivity index (χ4n) is 3.86. The van der Waals surface area contributed by atoms with Gasteiger partial charge in [0.2, 0.25) is 5.91 Å². The molecule has 0 aromatic carbocycles. The first-order chi connectivity index (χ1) is 12.9. The Kier molecular flexibility index (Phi) is 8.83. The van der Waals surface area contributed by atoms with Gasteiger partial charge in [-0.1, -0.05) is 33.1 Å². The summed E-state index contributed by atoms with van der Waals surface area (Å²) in [6, 6.07) is 0. The standard InChI is InChI=1S/C20H39N5O2/c1-17(2)14-21-19(22-15-18(26)24(3)4)23-16-20(8-6-5-7-9-20)25-10-12-27-13-11-25/h17H,5-16H2,1-4H3,(H2,21,22,23). The molecule has 0 aromatic heterocycles. The average molecular weight is 382 g/mol. The number of nitrogens with zero attached hydrogens (tertiary/aromatic N) is 3. The second kappa shape index (κ2) is 10.9. The Hall–Kier alpha value is -1.34. The molecule has 0 spiro atoms. The Bertz CT molecular complexity index is 481. The van der Waals surface area contributed by atoms with E-state index < -0.39 is 0 Å². The third-order valence-electron chi connectivity index (χ3n) is 5.60. The Morgan fingerprint density at radius 2 is 1.81 bits per heavy atom. The Labute approximate surface area is 164 Å². The summed E-state index contributed by atoms with van der Waals surface area (Å²) in [4.78, 5) is 20.7. The van der Waals surface area contributed by atoms with Crippen LogP contribution in [0.4, 0.5) is 0 Å². The van der Waals surface area contributed by atoms with E-state index in [1.165, 1.54) is 32.1 Å². The van der Waals surface area contributed by atoms with E-state index in [1.807, 2.05) is 0 Å². The normalized spacial score (nSPS) is 21.1. The van der Waals surface area contributed by atoms with Crippen molar-refractivity contribution < 1.29 is 9.53 Å². The number of amides is 1. The minimum atomic E-state index is 0.0150. The van der Waals surface area contributed by atoms with Crippen molar-refractivity contribution in [3.8, 4) is 0 Å². The minimum Gasteiger partial charge on any atom is -0.379 e. The van der Waals surface area contributed by atoms with Gasteiger partial charge >= 0.3 is 0 Å². The van der Waals surface area contributed by atoms with Crippen LogP contribution in [0.1, 0.15) is 46.0 Å². The van der Waals surface area contributed by atoms with E-state index in [4.69, 9.17) is 4.74 Å². The number of hydrogen-bond acceptors (Lipinski definition) is 4. The number of carbonyl (C=O) groups excluding carboxylic acids is 1. The van der Waals surface area contributed by atoms with Gasteiger partial charge < -0.3 is 20.3 Å². The third kappa shape index (κ3) is 6.96. The van der Waals surface area contributed by atoms with E-state index >= 15 is 0 Å². The van der Waals surface area contributed by atoms with Gasteiger partial charge in [0.25, 0.3) is 0 Å². The molecule has 0 unspecified atom stereocenters. The summed E-state index contributed by atoms with van der Waals surface area (Å²) in [6.45, 7) is 9.89. The van der Waals surface area contributed by atoms with Crippen molar-refractivity contribution in [1.82, 2.24) is 20.4 Å². The molecule has 1 aliphatic heterocycles. The molecule has 2 rings (SSSR count). The molecule has 1 amide bonds. The molecule has 2 N–H and O–H groups in total. The van der Waals surface area contributed by atoms with Gasteiger partial charge in [-0.15, -0.1) is 0 Å². The van der Waals surface area contributed by atoms with Crippen molar-refractivity contribution in [3.05, 3.63) is 0 Å². The number of morpholine rings is 1. The predicted molar refractivity (Wildman–Crippen MR) is 110 cm³/mol. The van der Waals surface area contributed by atoms with Crippen LogP contribution >= 0.6 is 0 Å². The maximum atomic E-state index is 11.9. The monoisotopic (exact) mass is 381 g/mol. The lowest BCUT2D eigenvalue weighted by atomic mass is 9.80. The maximum Gasteiger partial charge on any atom is 0.243 e. The first-order valence-corrected chi connectivity index (χ1v) is 10.5. The fourth-order valence-corrected chi connectivity index (χ4v) is 3.86. The van der Waals surface area contributed by atoms with Crippen LogP contribution in [0.2, 0.25) is 0 Å². The number of carbonyl (C=O) groups is 1. The quantitative estimate of drug-likeness (QED) is 0.514. The lowest BCUT2D eigenvalue weighted by molar-refractivity contribution is -0.127. The molecule has 7 heteroatoms. The van der Waals surface area contributed by atoms with E-state index in [-0.39, 0.29) is 18.0 Å². The molecule has 7 nitrogen and oxygen atoms in total. The van der Waals surface area contributed by atoms with Gasteiger partial charge in [0.05, 0.1) is 13.2 Å². The van der Waals surface area contributed by atoms with Crippen LogP contribution in [0.15, 0.2) is 4.99 Å². The number of ether oxygens (including phenoxy) is 1. The number of rotatable bonds is 7. The van der Waals surface area contributed by atoms with Crippen LogP contribution in [0.3, 0.4) is 0 Å². The molecule has 156 valence electrons. The largest absolute Gasteiger partial charge is 0.379 e. The van der Waals surface area contributed by atoms with E-state index in [0.717, 1.165) is 45.4 Å². The van der Waals surface area contributed by atoms with E-state index in [0.29, 0.717) is 5.92 Å². The summed E-state index contributed by atoms with van der Waals surface area (Å²) >= 11 is 0. The van der Waals surface area contributed by atoms with Crippen molar-refractivity contribution in [2.24, 2.45) is 10.9 Å². The number of likely N-dealkylation sites (N-methyl/N-ethyl adjacent to an activating group) is 1. The van der Waals surface area contributed by atoms with Gasteiger partial charge in [-0.05, 0) is 18.8 Å². The van der Waals surface area contributed by atoms with Gasteiger partial charge in [-0.2, -0.15) is 0 Å². The van der Waals surface area contributed by atoms with Crippen molar-refractivity contribution in [2.45, 2.75) is 51.5 Å². The van der Waals surface area contributed by atoms with E-state index in [1.54, 1.807) is 19.0 Å². The zero-order chi connectivity index (χ0) is 19.7. The molecule has 1 saturated carbocycles. The molecule has 0 radical (unpaired) electrons. The van der Waals surface area contributed by atoms with Gasteiger partial charge in [-0.25, -0.2) is 4.99 Å². The van der Waals surface area contributed by atoms with Gasteiger partial charge in [0.1, 0.15) is 6.54 Å². The first kappa shape index (κ1) is 22.0. The smallest absolute Gasteiger partial charge is 0.243 e. The molecule has 2 fully saturated rings. The number of nitrogens with one attached hydrogen (secondary N) is 2. The zero-order valence-corrected chi connectivity index (χ0v) is 17.7. The van der Waals surface area contributed by atoms with Crippen LogP contribution in [-0.4, -0.2) is 87.2 Å². The van der Waals surface area contributed by atoms with Crippen LogP contribution < -0.4 is 10.6 Å². The van der Waals surface area contributed by atoms with Crippen molar-refractivity contribution in [1.29, 1.82) is 0 Å². The molecule has 2 aliphatic rings. The molecule has 0 atom stereocenters. The lowest BCUT2D eigenvalue weighted by Crippen LogP contribution is -2.60. The third-order valence-corrected chi connectivity index (χ3v) is 5.60. The summed E-state index contributed by atoms with van der Waals surface area (Å²) in [5, 5.41) is 6.96. The van der Waals surface area contributed by atoms with Crippen molar-refractivity contribution >= 4 is 11.9 Å². The molecule has 27 heavy (non-hydrogen) atoms. The van der Waals surface area contributed by atoms with Crippen LogP contribution in [0.25, 0.3) is 0 Å². The van der Waals surface area contributed by atoms with Gasteiger partial charge in [0.15, 0.2) is 5.96 Å². The Morgan fingerprint density at radius 1 is 1.15 bits per heavy atom. The Morgan fingerprint density at radius 3 is 2.41 bits per heavy atom. The van der Waals surface area contributed by atoms with Crippen molar-refractivity contribution in [3.63, 3.8) is 0 Å². The molecule has 1 heterocycles. The summed E-state index contributed by atoms with van der Waals surface area (Å²) < 4.78 is 5.57. The zero-order valence-electron chi connectivity index (χ0n) is 17.7. The summed E-state index contributed by atoms with van der Waals surface area (Å²) in [5.74, 6) is 1.28. The molecule has 1 saturated heterocycles. The van der Waals surface area contributed by atoms with Crippen LogP contribution in [-0.2, 0) is 9.53 Å². The van der Waals surface area contributed by atoms with Crippen molar-refractivity contribution in [2.75, 3.05) is 60.0 Å². The highest BCUT2D eigenvalue weighted by molar-refractivity contribution is 5.84. The minimum absolute atomic E-state index is 0.0150. The van der Waals surface area contributed by atoms with E-state index in [2.05, 4.69) is 34.4 Å². The molecular formula is C20H39N5O2. The number of aliphatic imine (C=N–C) groups is 1. The SMILES string of the molecule is CC(C)CNC(=NCC(=O)N(C)C)NCC1(N2CCOCC2)CCCCC1. The predicted octanol–water partition coefficient (Wildman–Crippen LogP) is 1.30.